The van der Waals surface area contributed by atoms with Gasteiger partial charge < -0.3 is 4.84 Å². The number of carbonyl (C=O) groups excluding carboxylic acids is 1. The fraction of sp³-hybridized carbons (Fsp3) is 0.429. The molecule has 0 aliphatic rings. The van der Waals surface area contributed by atoms with Gasteiger partial charge in [0, 0.05) is 6.92 Å². The van der Waals surface area contributed by atoms with Crippen molar-refractivity contribution in [3.05, 3.63) is 35.4 Å². The highest BCUT2D eigenvalue weighted by molar-refractivity contribution is 6.00. The van der Waals surface area contributed by atoms with Crippen LogP contribution in [-0.2, 0) is 9.63 Å². The fourth-order valence-electron chi connectivity index (χ4n) is 1.45. The smallest absolute Gasteiger partial charge is 0.318 e. The molecule has 0 aliphatic heterocycles. The van der Waals surface area contributed by atoms with Crippen LogP contribution in [0.4, 0.5) is 0 Å². The minimum Gasteiger partial charge on any atom is -0.318 e. The Kier molecular flexibility index (Phi) is 5.40. The van der Waals surface area contributed by atoms with Gasteiger partial charge in [0.2, 0.25) is 0 Å². The molecule has 0 heterocycles. The zero-order valence-corrected chi connectivity index (χ0v) is 10.7. The maximum absolute atomic E-state index is 10.8. The quantitative estimate of drug-likeness (QED) is 0.444. The summed E-state index contributed by atoms with van der Waals surface area (Å²) in [6.45, 7) is 5.52. The Morgan fingerprint density at radius 3 is 2.47 bits per heavy atom. The summed E-state index contributed by atoms with van der Waals surface area (Å²) in [6, 6.07) is 8.08. The van der Waals surface area contributed by atoms with Gasteiger partial charge in [0.25, 0.3) is 0 Å². The van der Waals surface area contributed by atoms with E-state index in [1.54, 1.807) is 0 Å². The maximum atomic E-state index is 10.8. The summed E-state index contributed by atoms with van der Waals surface area (Å²) >= 11 is 0. The van der Waals surface area contributed by atoms with Crippen molar-refractivity contribution in [1.29, 1.82) is 0 Å². The van der Waals surface area contributed by atoms with Crippen molar-refractivity contribution in [3.8, 4) is 0 Å². The zero-order valence-electron chi connectivity index (χ0n) is 10.7. The molecule has 0 aromatic heterocycles. The Morgan fingerprint density at radius 1 is 1.29 bits per heavy atom. The Labute approximate surface area is 102 Å². The minimum absolute atomic E-state index is 0.383. The standard InChI is InChI=1S/C14H19NO2/c1-4-5-6-14(15-17-12(3)16)13-9-7-11(2)8-10-13/h7-10H,4-6H2,1-3H3. The predicted molar refractivity (Wildman–Crippen MR) is 69.0 cm³/mol. The van der Waals surface area contributed by atoms with Crippen molar-refractivity contribution < 1.29 is 9.63 Å². The van der Waals surface area contributed by atoms with Crippen LogP contribution in [0.5, 0.6) is 0 Å². The van der Waals surface area contributed by atoms with Gasteiger partial charge in [0.15, 0.2) is 0 Å². The second kappa shape index (κ2) is 6.84. The highest BCUT2D eigenvalue weighted by Gasteiger charge is 2.04. The van der Waals surface area contributed by atoms with E-state index >= 15 is 0 Å². The number of rotatable bonds is 5. The molecule has 0 N–H and O–H groups in total. The Hall–Kier alpha value is -1.64. The highest BCUT2D eigenvalue weighted by atomic mass is 16.7. The molecule has 0 atom stereocenters. The molecule has 3 heteroatoms. The molecule has 0 fully saturated rings. The summed E-state index contributed by atoms with van der Waals surface area (Å²) in [5.74, 6) is -0.383. The first-order valence-electron chi connectivity index (χ1n) is 5.95. The molecule has 17 heavy (non-hydrogen) atoms. The van der Waals surface area contributed by atoms with Gasteiger partial charge in [-0.15, -0.1) is 0 Å². The third-order valence-electron chi connectivity index (χ3n) is 2.44. The van der Waals surface area contributed by atoms with Crippen LogP contribution in [0, 0.1) is 6.92 Å². The second-order valence-corrected chi connectivity index (χ2v) is 4.09. The van der Waals surface area contributed by atoms with Gasteiger partial charge in [0.05, 0.1) is 5.71 Å². The number of hydrogen-bond donors (Lipinski definition) is 0. The molecule has 1 aromatic carbocycles. The van der Waals surface area contributed by atoms with Crippen LogP contribution in [0.3, 0.4) is 0 Å². The van der Waals surface area contributed by atoms with Gasteiger partial charge >= 0.3 is 5.97 Å². The first-order chi connectivity index (χ1) is 8.13. The van der Waals surface area contributed by atoms with Crippen LogP contribution >= 0.6 is 0 Å². The van der Waals surface area contributed by atoms with E-state index in [1.807, 2.05) is 31.2 Å². The first kappa shape index (κ1) is 13.4. The zero-order chi connectivity index (χ0) is 12.7. The Bertz CT molecular complexity index is 393. The Balaban J connectivity index is 2.84. The van der Waals surface area contributed by atoms with Gasteiger partial charge in [-0.1, -0.05) is 48.3 Å². The molecular formula is C14H19NO2. The van der Waals surface area contributed by atoms with Crippen molar-refractivity contribution in [2.75, 3.05) is 0 Å². The molecule has 1 rings (SSSR count). The average molecular weight is 233 g/mol. The van der Waals surface area contributed by atoms with Crippen LogP contribution in [0.2, 0.25) is 0 Å². The number of nitrogens with zero attached hydrogens (tertiary/aromatic N) is 1. The van der Waals surface area contributed by atoms with E-state index in [2.05, 4.69) is 12.1 Å². The number of benzene rings is 1. The van der Waals surface area contributed by atoms with Crippen LogP contribution in [0.1, 0.15) is 44.2 Å². The molecule has 0 radical (unpaired) electrons. The lowest BCUT2D eigenvalue weighted by Gasteiger charge is -2.05. The van der Waals surface area contributed by atoms with Crippen LogP contribution < -0.4 is 0 Å². The van der Waals surface area contributed by atoms with Crippen molar-refractivity contribution in [3.63, 3.8) is 0 Å². The van der Waals surface area contributed by atoms with Gasteiger partial charge in [0.1, 0.15) is 0 Å². The number of hydrogen-bond acceptors (Lipinski definition) is 3. The molecule has 0 amide bonds. The summed E-state index contributed by atoms with van der Waals surface area (Å²) in [5.41, 5.74) is 3.06. The molecular weight excluding hydrogens is 214 g/mol. The number of oxime groups is 1. The van der Waals surface area contributed by atoms with Crippen molar-refractivity contribution in [2.45, 2.75) is 40.0 Å². The lowest BCUT2D eigenvalue weighted by atomic mass is 10.0. The summed E-state index contributed by atoms with van der Waals surface area (Å²) < 4.78 is 0. The minimum atomic E-state index is -0.383. The summed E-state index contributed by atoms with van der Waals surface area (Å²) in [5, 5.41) is 3.93. The van der Waals surface area contributed by atoms with E-state index in [-0.39, 0.29) is 5.97 Å². The van der Waals surface area contributed by atoms with Crippen LogP contribution in [0.25, 0.3) is 0 Å². The van der Waals surface area contributed by atoms with E-state index in [0.717, 1.165) is 30.5 Å². The molecule has 0 saturated carbocycles. The summed E-state index contributed by atoms with van der Waals surface area (Å²) in [7, 11) is 0. The molecule has 0 aliphatic carbocycles. The van der Waals surface area contributed by atoms with Gasteiger partial charge in [-0.3, -0.25) is 0 Å². The lowest BCUT2D eigenvalue weighted by Crippen LogP contribution is -2.04. The third kappa shape index (κ3) is 4.81. The third-order valence-corrected chi connectivity index (χ3v) is 2.44. The summed E-state index contributed by atoms with van der Waals surface area (Å²) in [4.78, 5) is 15.5. The van der Waals surface area contributed by atoms with Gasteiger partial charge in [-0.05, 0) is 25.3 Å². The van der Waals surface area contributed by atoms with Crippen molar-refractivity contribution >= 4 is 11.7 Å². The highest BCUT2D eigenvalue weighted by Crippen LogP contribution is 2.10. The predicted octanol–water partition coefficient (Wildman–Crippen LogP) is 3.45. The molecule has 92 valence electrons. The topological polar surface area (TPSA) is 38.7 Å². The number of aryl methyl sites for hydroxylation is 1. The van der Waals surface area contributed by atoms with Crippen LogP contribution in [0.15, 0.2) is 29.4 Å². The van der Waals surface area contributed by atoms with Crippen molar-refractivity contribution in [1.82, 2.24) is 0 Å². The molecule has 0 saturated heterocycles. The first-order valence-corrected chi connectivity index (χ1v) is 5.95. The monoisotopic (exact) mass is 233 g/mol. The van der Waals surface area contributed by atoms with E-state index in [0.29, 0.717) is 0 Å². The van der Waals surface area contributed by atoms with E-state index < -0.39 is 0 Å². The SMILES string of the molecule is CCCCC(=NOC(C)=O)c1ccc(C)cc1. The largest absolute Gasteiger partial charge is 0.331 e. The van der Waals surface area contributed by atoms with Gasteiger partial charge in [-0.2, -0.15) is 0 Å². The lowest BCUT2D eigenvalue weighted by molar-refractivity contribution is -0.140. The van der Waals surface area contributed by atoms with E-state index in [9.17, 15) is 4.79 Å². The average Bonchev–Trinajstić information content (AvgIpc) is 2.30. The second-order valence-electron chi connectivity index (χ2n) is 4.09. The van der Waals surface area contributed by atoms with Gasteiger partial charge in [-0.25, -0.2) is 4.79 Å². The molecule has 0 unspecified atom stereocenters. The number of unbranched alkanes of at least 4 members (excludes halogenated alkanes) is 1. The number of carbonyl (C=O) groups is 1. The fourth-order valence-corrected chi connectivity index (χ4v) is 1.45. The molecule has 0 bridgehead atoms. The molecule has 0 spiro atoms. The maximum Gasteiger partial charge on any atom is 0.331 e. The van der Waals surface area contributed by atoms with E-state index in [4.69, 9.17) is 4.84 Å². The normalized spacial score (nSPS) is 11.4. The molecule has 1 aromatic rings. The Morgan fingerprint density at radius 2 is 1.94 bits per heavy atom. The molecule has 3 nitrogen and oxygen atoms in total. The summed E-state index contributed by atoms with van der Waals surface area (Å²) in [6.07, 6.45) is 2.95. The van der Waals surface area contributed by atoms with Crippen LogP contribution in [-0.4, -0.2) is 11.7 Å². The van der Waals surface area contributed by atoms with Crippen molar-refractivity contribution in [2.24, 2.45) is 5.16 Å². The van der Waals surface area contributed by atoms with E-state index in [1.165, 1.54) is 12.5 Å².